The number of aromatic nitrogens is 2. The molecule has 0 aliphatic heterocycles. The highest BCUT2D eigenvalue weighted by atomic mass is 14.9. The maximum atomic E-state index is 5.69. The molecular weight excluding hydrogens is 186 g/mol. The van der Waals surface area contributed by atoms with E-state index in [0.29, 0.717) is 17.5 Å². The van der Waals surface area contributed by atoms with Gasteiger partial charge in [-0.15, -0.1) is 0 Å². The van der Waals surface area contributed by atoms with Crippen molar-refractivity contribution in [3.63, 3.8) is 0 Å². The highest BCUT2D eigenvalue weighted by Gasteiger charge is 2.27. The highest BCUT2D eigenvalue weighted by molar-refractivity contribution is 5.56. The normalized spacial score (nSPS) is 15.7. The fraction of sp³-hybridized carbons (Fsp3) is 0.500. The van der Waals surface area contributed by atoms with Crippen molar-refractivity contribution in [3.05, 3.63) is 29.9 Å². The molecule has 3 nitrogen and oxygen atoms in total. The Hall–Kier alpha value is -1.38. The summed E-state index contributed by atoms with van der Waals surface area (Å²) in [5.41, 5.74) is 8.07. The highest BCUT2D eigenvalue weighted by Crippen LogP contribution is 2.38. The van der Waals surface area contributed by atoms with Gasteiger partial charge in [0.1, 0.15) is 5.82 Å². The molecule has 80 valence electrons. The van der Waals surface area contributed by atoms with Gasteiger partial charge >= 0.3 is 0 Å². The van der Waals surface area contributed by atoms with Gasteiger partial charge in [0.15, 0.2) is 0 Å². The monoisotopic (exact) mass is 203 g/mol. The minimum absolute atomic E-state index is 0.406. The zero-order valence-electron chi connectivity index (χ0n) is 9.33. The number of nitrogens with two attached hydrogens (primary N) is 1. The molecule has 1 fully saturated rings. The third-order valence-corrected chi connectivity index (χ3v) is 2.63. The molecule has 0 radical (unpaired) electrons. The Morgan fingerprint density at radius 1 is 1.47 bits per heavy atom. The molecule has 2 rings (SSSR count). The van der Waals surface area contributed by atoms with E-state index in [1.54, 1.807) is 0 Å². The molecule has 0 amide bonds. The summed E-state index contributed by atoms with van der Waals surface area (Å²) in [5.74, 6) is 1.91. The fourth-order valence-electron chi connectivity index (χ4n) is 1.47. The van der Waals surface area contributed by atoms with E-state index in [1.807, 2.05) is 6.07 Å². The predicted octanol–water partition coefficient (Wildman–Crippen LogP) is 2.41. The zero-order valence-corrected chi connectivity index (χ0v) is 9.33. The van der Waals surface area contributed by atoms with Crippen molar-refractivity contribution in [2.45, 2.75) is 38.5 Å². The van der Waals surface area contributed by atoms with Crippen LogP contribution in [-0.2, 0) is 0 Å². The SMILES string of the molecule is C=C(N)c1cc(C(C)C)nc(C2CC2)n1. The van der Waals surface area contributed by atoms with Crippen LogP contribution in [0, 0.1) is 0 Å². The first-order valence-electron chi connectivity index (χ1n) is 5.41. The van der Waals surface area contributed by atoms with Crippen LogP contribution in [0.4, 0.5) is 0 Å². The summed E-state index contributed by atoms with van der Waals surface area (Å²) in [6, 6.07) is 1.94. The average Bonchev–Trinajstić information content (AvgIpc) is 3.00. The van der Waals surface area contributed by atoms with Crippen molar-refractivity contribution in [3.8, 4) is 0 Å². The lowest BCUT2D eigenvalue weighted by Crippen LogP contribution is -2.06. The van der Waals surface area contributed by atoms with Gasteiger partial charge in [-0.2, -0.15) is 0 Å². The fourth-order valence-corrected chi connectivity index (χ4v) is 1.47. The molecule has 0 unspecified atom stereocenters. The van der Waals surface area contributed by atoms with Crippen LogP contribution in [0.25, 0.3) is 5.70 Å². The maximum absolute atomic E-state index is 5.69. The topological polar surface area (TPSA) is 51.8 Å². The van der Waals surface area contributed by atoms with Crippen LogP contribution in [0.2, 0.25) is 0 Å². The summed E-state index contributed by atoms with van der Waals surface area (Å²) < 4.78 is 0. The smallest absolute Gasteiger partial charge is 0.132 e. The summed E-state index contributed by atoms with van der Waals surface area (Å²) >= 11 is 0. The van der Waals surface area contributed by atoms with Crippen LogP contribution in [0.1, 0.15) is 55.7 Å². The molecule has 0 spiro atoms. The van der Waals surface area contributed by atoms with Crippen molar-refractivity contribution in [2.75, 3.05) is 0 Å². The minimum Gasteiger partial charge on any atom is -0.397 e. The Kier molecular flexibility index (Phi) is 2.47. The van der Waals surface area contributed by atoms with Crippen molar-refractivity contribution in [1.29, 1.82) is 0 Å². The molecule has 0 bridgehead atoms. The largest absolute Gasteiger partial charge is 0.397 e. The van der Waals surface area contributed by atoms with Gasteiger partial charge in [0.25, 0.3) is 0 Å². The number of rotatable bonds is 3. The molecule has 0 aromatic carbocycles. The predicted molar refractivity (Wildman–Crippen MR) is 61.3 cm³/mol. The second-order valence-electron chi connectivity index (χ2n) is 4.49. The van der Waals surface area contributed by atoms with Crippen LogP contribution in [0.3, 0.4) is 0 Å². The summed E-state index contributed by atoms with van der Waals surface area (Å²) in [7, 11) is 0. The summed E-state index contributed by atoms with van der Waals surface area (Å²) in [6.45, 7) is 7.99. The number of hydrogen-bond donors (Lipinski definition) is 1. The van der Waals surface area contributed by atoms with E-state index in [9.17, 15) is 0 Å². The van der Waals surface area contributed by atoms with Gasteiger partial charge in [-0.1, -0.05) is 20.4 Å². The lowest BCUT2D eigenvalue weighted by molar-refractivity contribution is 0.780. The van der Waals surface area contributed by atoms with Crippen LogP contribution in [0.5, 0.6) is 0 Å². The Morgan fingerprint density at radius 2 is 2.13 bits per heavy atom. The van der Waals surface area contributed by atoms with Gasteiger partial charge in [0, 0.05) is 11.6 Å². The van der Waals surface area contributed by atoms with Gasteiger partial charge < -0.3 is 5.73 Å². The molecular formula is C12H17N3. The number of hydrogen-bond acceptors (Lipinski definition) is 3. The van der Waals surface area contributed by atoms with Crippen LogP contribution >= 0.6 is 0 Å². The Bertz CT molecular complexity index is 372. The first kappa shape index (κ1) is 10.1. The third-order valence-electron chi connectivity index (χ3n) is 2.63. The van der Waals surface area contributed by atoms with Crippen LogP contribution in [0.15, 0.2) is 12.6 Å². The lowest BCUT2D eigenvalue weighted by atomic mass is 10.1. The van der Waals surface area contributed by atoms with Crippen LogP contribution in [-0.4, -0.2) is 9.97 Å². The van der Waals surface area contributed by atoms with Crippen molar-refractivity contribution < 1.29 is 0 Å². The van der Waals surface area contributed by atoms with Gasteiger partial charge in [-0.25, -0.2) is 9.97 Å². The van der Waals surface area contributed by atoms with Crippen molar-refractivity contribution >= 4 is 5.70 Å². The molecule has 1 aliphatic rings. The second-order valence-corrected chi connectivity index (χ2v) is 4.49. The molecule has 1 aromatic rings. The summed E-state index contributed by atoms with van der Waals surface area (Å²) in [6.07, 6.45) is 2.41. The first-order valence-corrected chi connectivity index (χ1v) is 5.41. The van der Waals surface area contributed by atoms with E-state index in [-0.39, 0.29) is 0 Å². The number of nitrogens with zero attached hydrogens (tertiary/aromatic N) is 2. The summed E-state index contributed by atoms with van der Waals surface area (Å²) in [5, 5.41) is 0. The molecule has 3 heteroatoms. The maximum Gasteiger partial charge on any atom is 0.132 e. The molecule has 1 saturated carbocycles. The van der Waals surface area contributed by atoms with Gasteiger partial charge in [0.2, 0.25) is 0 Å². The molecule has 0 saturated heterocycles. The zero-order chi connectivity index (χ0) is 11.0. The Balaban J connectivity index is 2.43. The Morgan fingerprint density at radius 3 is 2.60 bits per heavy atom. The molecule has 0 atom stereocenters. The minimum atomic E-state index is 0.406. The van der Waals surface area contributed by atoms with Crippen LogP contribution < -0.4 is 5.73 Å². The van der Waals surface area contributed by atoms with E-state index in [0.717, 1.165) is 17.2 Å². The standard InChI is InChI=1S/C12H17N3/c1-7(2)10-6-11(8(3)13)15-12(14-10)9-4-5-9/h6-7,9H,3-5,13H2,1-2H3. The molecule has 2 N–H and O–H groups in total. The first-order chi connectivity index (χ1) is 7.08. The molecule has 1 aromatic heterocycles. The van der Waals surface area contributed by atoms with Gasteiger partial charge in [-0.05, 0) is 24.8 Å². The van der Waals surface area contributed by atoms with Crippen molar-refractivity contribution in [1.82, 2.24) is 9.97 Å². The quantitative estimate of drug-likeness (QED) is 0.820. The molecule has 15 heavy (non-hydrogen) atoms. The molecule has 1 heterocycles. The van der Waals surface area contributed by atoms with Crippen molar-refractivity contribution in [2.24, 2.45) is 5.73 Å². The van der Waals surface area contributed by atoms with E-state index in [1.165, 1.54) is 12.8 Å². The second kappa shape index (κ2) is 3.65. The van der Waals surface area contributed by atoms with Gasteiger partial charge in [0.05, 0.1) is 11.4 Å². The van der Waals surface area contributed by atoms with E-state index in [4.69, 9.17) is 5.73 Å². The van der Waals surface area contributed by atoms with E-state index < -0.39 is 0 Å². The average molecular weight is 203 g/mol. The Labute approximate surface area is 90.4 Å². The third kappa shape index (κ3) is 2.17. The van der Waals surface area contributed by atoms with E-state index in [2.05, 4.69) is 30.4 Å². The lowest BCUT2D eigenvalue weighted by Gasteiger charge is -2.09. The summed E-state index contributed by atoms with van der Waals surface area (Å²) in [4.78, 5) is 9.01. The molecule has 1 aliphatic carbocycles. The van der Waals surface area contributed by atoms with E-state index >= 15 is 0 Å². The van der Waals surface area contributed by atoms with Gasteiger partial charge in [-0.3, -0.25) is 0 Å².